The molecular weight excluding hydrogens is 620 g/mol. The fraction of sp³-hybridized carbons (Fsp3) is 0.756. The Balaban J connectivity index is 1.56. The largest absolute Gasteiger partial charge is 0.462 e. The molecule has 4 fully saturated rings. The average molecular weight is 683 g/mol. The van der Waals surface area contributed by atoms with Gasteiger partial charge in [-0.25, -0.2) is 9.59 Å². The minimum Gasteiger partial charge on any atom is -0.462 e. The van der Waals surface area contributed by atoms with E-state index in [0.717, 1.165) is 25.7 Å². The van der Waals surface area contributed by atoms with E-state index in [-0.39, 0.29) is 41.2 Å². The smallest absolute Gasteiger partial charge is 0.333 e. The van der Waals surface area contributed by atoms with E-state index in [9.17, 15) is 30.0 Å². The normalized spacial score (nSPS) is 46.2. The highest BCUT2D eigenvalue weighted by atomic mass is 16.6. The Morgan fingerprint density at radius 1 is 0.918 bits per heavy atom. The van der Waals surface area contributed by atoms with Crippen molar-refractivity contribution in [1.82, 2.24) is 0 Å². The number of hydrogen-bond acceptors (Lipinski definition) is 8. The van der Waals surface area contributed by atoms with E-state index in [0.29, 0.717) is 30.4 Å². The number of rotatable bonds is 7. The van der Waals surface area contributed by atoms with Gasteiger partial charge in [0, 0.05) is 22.0 Å². The van der Waals surface area contributed by atoms with Crippen molar-refractivity contribution in [2.24, 2.45) is 50.2 Å². The van der Waals surface area contributed by atoms with Crippen LogP contribution in [-0.4, -0.2) is 70.0 Å². The van der Waals surface area contributed by atoms with Crippen molar-refractivity contribution in [3.05, 3.63) is 47.6 Å². The number of esters is 2. The maximum Gasteiger partial charge on any atom is 0.333 e. The summed E-state index contributed by atoms with van der Waals surface area (Å²) in [4.78, 5) is 25.7. The summed E-state index contributed by atoms with van der Waals surface area (Å²) in [6.07, 6.45) is 8.69. The molecule has 0 saturated heterocycles. The predicted molar refractivity (Wildman–Crippen MR) is 189 cm³/mol. The van der Waals surface area contributed by atoms with Gasteiger partial charge in [0.1, 0.15) is 12.2 Å². The van der Waals surface area contributed by atoms with Gasteiger partial charge in [-0.1, -0.05) is 64.5 Å². The quantitative estimate of drug-likeness (QED) is 0.141. The summed E-state index contributed by atoms with van der Waals surface area (Å²) in [7, 11) is 0. The monoisotopic (exact) mass is 682 g/mol. The molecule has 0 aromatic carbocycles. The van der Waals surface area contributed by atoms with E-state index in [1.807, 2.05) is 20.8 Å². The molecule has 0 heterocycles. The molecule has 5 aliphatic rings. The van der Waals surface area contributed by atoms with Gasteiger partial charge < -0.3 is 29.9 Å². The molecule has 8 nitrogen and oxygen atoms in total. The molecule has 0 aromatic heterocycles. The lowest BCUT2D eigenvalue weighted by molar-refractivity contribution is -0.260. The zero-order valence-corrected chi connectivity index (χ0v) is 31.3. The van der Waals surface area contributed by atoms with Crippen molar-refractivity contribution < 1.29 is 39.5 Å². The van der Waals surface area contributed by atoms with E-state index in [1.54, 1.807) is 32.9 Å². The molecule has 0 bridgehead atoms. The number of carbonyl (C=O) groups is 2. The Bertz CT molecular complexity index is 1440. The minimum atomic E-state index is -1.28. The van der Waals surface area contributed by atoms with Gasteiger partial charge in [0.05, 0.1) is 30.8 Å². The molecule has 0 aliphatic heterocycles. The molecule has 4 N–H and O–H groups in total. The standard InChI is InChI=1S/C41H62O8/c1-11-24(4)34(46)48-23-37(8)28-16-18-38(9)29(40(28,13-3)19-17-30(37)43)15-14-26-27-20-36(6,7)33(49-35(47)25(5)12-2)32(45)41(27,22-42)31(44)21-39(26,38)10/h11-14,27-33,42-45H,3,15-23H2,1-2,4-10H3/b24-11-,25-12-/t27?,28?,29?,30-,31+,32-,33-,37+,38+,39+,40-,41-/m0/s1. The molecule has 274 valence electrons. The van der Waals surface area contributed by atoms with Crippen LogP contribution in [0, 0.1) is 50.2 Å². The number of hydrogen-bond donors (Lipinski definition) is 4. The molecule has 5 rings (SSSR count). The van der Waals surface area contributed by atoms with Crippen LogP contribution in [0.1, 0.15) is 107 Å². The number of fused-ring (bicyclic) bond motifs is 7. The van der Waals surface area contributed by atoms with Gasteiger partial charge in [0.15, 0.2) is 0 Å². The lowest BCUT2D eigenvalue weighted by Gasteiger charge is -2.72. The first kappa shape index (κ1) is 38.0. The Morgan fingerprint density at radius 2 is 1.55 bits per heavy atom. The fourth-order valence-corrected chi connectivity index (χ4v) is 11.8. The zero-order chi connectivity index (χ0) is 36.5. The SMILES string of the molecule is C=C[C@]12CC[C@H](O)[C@](C)(COC(=O)/C(C)=C\C)C1CC[C@]1(C)C2CC=C2C3CC(C)(C)[C@@H](OC(=O)/C(C)=C\C)[C@H](O)[C@]3(CO)[C@H](O)C[C@]21C. The average Bonchev–Trinajstić information content (AvgIpc) is 3.06. The lowest BCUT2D eigenvalue weighted by Crippen LogP contribution is -2.72. The van der Waals surface area contributed by atoms with Gasteiger partial charge in [-0.3, -0.25) is 0 Å². The van der Waals surface area contributed by atoms with Gasteiger partial charge in [-0.05, 0) is 107 Å². The van der Waals surface area contributed by atoms with Crippen molar-refractivity contribution in [3.63, 3.8) is 0 Å². The molecule has 49 heavy (non-hydrogen) atoms. The summed E-state index contributed by atoms with van der Waals surface area (Å²) in [5.74, 6) is -1.00. The zero-order valence-electron chi connectivity index (χ0n) is 31.3. The van der Waals surface area contributed by atoms with Crippen LogP contribution in [-0.2, 0) is 19.1 Å². The first-order chi connectivity index (χ1) is 22.8. The first-order valence-electron chi connectivity index (χ1n) is 18.4. The van der Waals surface area contributed by atoms with E-state index in [1.165, 1.54) is 5.57 Å². The van der Waals surface area contributed by atoms with Crippen LogP contribution in [0.2, 0.25) is 0 Å². The maximum atomic E-state index is 13.0. The van der Waals surface area contributed by atoms with Crippen LogP contribution in [0.25, 0.3) is 0 Å². The summed E-state index contributed by atoms with van der Waals surface area (Å²) in [6, 6.07) is 0. The lowest BCUT2D eigenvalue weighted by atomic mass is 9.32. The van der Waals surface area contributed by atoms with Crippen molar-refractivity contribution in [2.45, 2.75) is 132 Å². The Kier molecular flexibility index (Phi) is 9.88. The number of allylic oxidation sites excluding steroid dienone is 5. The van der Waals surface area contributed by atoms with Crippen LogP contribution in [0.5, 0.6) is 0 Å². The third-order valence-corrected chi connectivity index (χ3v) is 15.4. The summed E-state index contributed by atoms with van der Waals surface area (Å²) in [5.41, 5.74) is -1.47. The van der Waals surface area contributed by atoms with Crippen LogP contribution >= 0.6 is 0 Å². The molecule has 0 amide bonds. The van der Waals surface area contributed by atoms with Crippen molar-refractivity contribution in [1.29, 1.82) is 0 Å². The summed E-state index contributed by atoms with van der Waals surface area (Å²) in [5, 5.41) is 47.1. The van der Waals surface area contributed by atoms with Gasteiger partial charge in [-0.15, -0.1) is 6.58 Å². The topological polar surface area (TPSA) is 134 Å². The number of ether oxygens (including phenoxy) is 2. The second-order valence-electron chi connectivity index (χ2n) is 17.7. The molecule has 3 unspecified atom stereocenters. The maximum absolute atomic E-state index is 13.0. The Morgan fingerprint density at radius 3 is 2.14 bits per heavy atom. The number of aliphatic hydroxyl groups excluding tert-OH is 4. The van der Waals surface area contributed by atoms with E-state index < -0.39 is 58.7 Å². The van der Waals surface area contributed by atoms with E-state index >= 15 is 0 Å². The van der Waals surface area contributed by atoms with Crippen molar-refractivity contribution >= 4 is 11.9 Å². The van der Waals surface area contributed by atoms with Crippen LogP contribution in [0.3, 0.4) is 0 Å². The minimum absolute atomic E-state index is 0.0353. The van der Waals surface area contributed by atoms with Gasteiger partial charge in [0.25, 0.3) is 0 Å². The predicted octanol–water partition coefficient (Wildman–Crippen LogP) is 6.23. The second-order valence-corrected chi connectivity index (χ2v) is 17.7. The van der Waals surface area contributed by atoms with Crippen molar-refractivity contribution in [2.75, 3.05) is 13.2 Å². The summed E-state index contributed by atoms with van der Waals surface area (Å²) < 4.78 is 11.8. The van der Waals surface area contributed by atoms with E-state index in [2.05, 4.69) is 39.5 Å². The highest BCUT2D eigenvalue weighted by molar-refractivity contribution is 5.88. The molecular formula is C41H62O8. The molecule has 0 radical (unpaired) electrons. The van der Waals surface area contributed by atoms with Crippen LogP contribution in [0.4, 0.5) is 0 Å². The Hall–Kier alpha value is -2.26. The Labute approximate surface area is 293 Å². The third-order valence-electron chi connectivity index (χ3n) is 15.4. The van der Waals surface area contributed by atoms with Gasteiger partial charge in [0.2, 0.25) is 0 Å². The highest BCUT2D eigenvalue weighted by Crippen LogP contribution is 2.76. The highest BCUT2D eigenvalue weighted by Gasteiger charge is 2.73. The van der Waals surface area contributed by atoms with Crippen LogP contribution < -0.4 is 0 Å². The fourth-order valence-electron chi connectivity index (χ4n) is 11.8. The van der Waals surface area contributed by atoms with Crippen LogP contribution in [0.15, 0.2) is 47.6 Å². The number of carbonyl (C=O) groups excluding carboxylic acids is 2. The summed E-state index contributed by atoms with van der Waals surface area (Å²) >= 11 is 0. The van der Waals surface area contributed by atoms with Crippen molar-refractivity contribution in [3.8, 4) is 0 Å². The third kappa shape index (κ3) is 5.20. The first-order valence-corrected chi connectivity index (χ1v) is 18.4. The molecule has 4 saturated carbocycles. The summed E-state index contributed by atoms with van der Waals surface area (Å²) in [6.45, 7) is 21.8. The molecule has 8 heteroatoms. The van der Waals surface area contributed by atoms with E-state index in [4.69, 9.17) is 9.47 Å². The molecule has 5 aliphatic carbocycles. The number of aliphatic hydroxyl groups is 4. The van der Waals surface area contributed by atoms with Gasteiger partial charge in [-0.2, -0.15) is 0 Å². The second kappa shape index (κ2) is 12.8. The molecule has 0 spiro atoms. The van der Waals surface area contributed by atoms with Gasteiger partial charge >= 0.3 is 11.9 Å². The molecule has 12 atom stereocenters. The molecule has 0 aromatic rings.